The Bertz CT molecular complexity index is 1450. The Morgan fingerprint density at radius 3 is 2.35 bits per heavy atom. The van der Waals surface area contributed by atoms with Gasteiger partial charge in [-0.1, -0.05) is 18.2 Å². The first-order valence-corrected chi connectivity index (χ1v) is 15.3. The van der Waals surface area contributed by atoms with Gasteiger partial charge in [-0.05, 0) is 13.0 Å². The van der Waals surface area contributed by atoms with E-state index in [1.54, 1.807) is 13.0 Å². The number of para-hydroxylation sites is 1. The molecule has 7 N–H and O–H groups in total. The molecule has 0 aliphatic carbocycles. The molecule has 2 heterocycles. The molecule has 3 rings (SSSR count). The van der Waals surface area contributed by atoms with Crippen molar-refractivity contribution in [3.8, 4) is 0 Å². The average molecular weight is 632 g/mol. The summed E-state index contributed by atoms with van der Waals surface area (Å²) in [4.78, 5) is 62.9. The van der Waals surface area contributed by atoms with E-state index in [4.69, 9.17) is 14.5 Å². The first kappa shape index (κ1) is 32.1. The Kier molecular flexibility index (Phi) is 9.81. The van der Waals surface area contributed by atoms with E-state index in [0.29, 0.717) is 5.56 Å². The second kappa shape index (κ2) is 12.2. The standard InChI is InChI=1S/C17H23N4O16P3/c1-9(10-4-2-3-5-11(10)21(25)26)18-13-6-7-20(17(24)19-13)16-15(23)14(22)12(35-16)8-34-39(30,31)37-40(32,33)36-38(27,28)29/h2-7,9,12,14-16,22-23H,8H2,1H3,(H,30,31)(H,32,33)(H,18,19,24)(H2,27,28,29)/t9-,12+,14?,15-,16+/m0/s1. The highest BCUT2D eigenvalue weighted by molar-refractivity contribution is 7.66. The Hall–Kier alpha value is -2.41. The summed E-state index contributed by atoms with van der Waals surface area (Å²) in [6.45, 7) is 0.519. The zero-order chi connectivity index (χ0) is 30.0. The van der Waals surface area contributed by atoms with E-state index in [9.17, 15) is 48.6 Å². The number of benzene rings is 1. The molecule has 0 spiro atoms. The van der Waals surface area contributed by atoms with E-state index >= 15 is 0 Å². The third kappa shape index (κ3) is 8.31. The van der Waals surface area contributed by atoms with Crippen molar-refractivity contribution >= 4 is 35.0 Å². The molecule has 20 nitrogen and oxygen atoms in total. The number of aromatic nitrogens is 2. The Morgan fingerprint density at radius 2 is 1.75 bits per heavy atom. The molecule has 40 heavy (non-hydrogen) atoms. The van der Waals surface area contributed by atoms with Crippen LogP contribution in [0.15, 0.2) is 41.3 Å². The third-order valence-corrected chi connectivity index (χ3v) is 9.03. The fourth-order valence-electron chi connectivity index (χ4n) is 3.57. The molecule has 3 unspecified atom stereocenters. The third-order valence-electron chi connectivity index (χ3n) is 5.22. The van der Waals surface area contributed by atoms with Gasteiger partial charge in [0.05, 0.1) is 23.1 Å². The summed E-state index contributed by atoms with van der Waals surface area (Å²) in [5, 5.41) is 34.7. The van der Waals surface area contributed by atoms with E-state index in [1.165, 1.54) is 24.3 Å². The van der Waals surface area contributed by atoms with Gasteiger partial charge in [-0.3, -0.25) is 19.2 Å². The van der Waals surface area contributed by atoms with Crippen LogP contribution in [0.25, 0.3) is 0 Å². The number of hydrogen-bond donors (Lipinski definition) is 7. The summed E-state index contributed by atoms with van der Waals surface area (Å²) in [5.74, 6) is 0.00384. The quantitative estimate of drug-likeness (QED) is 0.0939. The second-order valence-corrected chi connectivity index (χ2v) is 12.5. The molecule has 0 radical (unpaired) electrons. The van der Waals surface area contributed by atoms with Crippen molar-refractivity contribution in [2.24, 2.45) is 0 Å². The molecule has 7 atom stereocenters. The van der Waals surface area contributed by atoms with Crippen LogP contribution in [0.5, 0.6) is 0 Å². The highest BCUT2D eigenvalue weighted by Gasteiger charge is 2.46. The van der Waals surface area contributed by atoms with Gasteiger partial charge < -0.3 is 39.8 Å². The highest BCUT2D eigenvalue weighted by atomic mass is 31.3. The SMILES string of the molecule is C[C@H](Nc1ccn([C@@H]2O[C@H](COP(=O)(O)OP(=O)(O)OP(=O)(O)O)C(O)[C@@H]2O)c(=O)n1)c1ccccc1[N+](=O)[O-]. The molecule has 1 saturated heterocycles. The summed E-state index contributed by atoms with van der Waals surface area (Å²) in [7, 11) is -16.9. The molecule has 1 aliphatic rings. The number of nitro benzene ring substituents is 1. The number of phosphoric ester groups is 1. The van der Waals surface area contributed by atoms with Crippen molar-refractivity contribution < 1.29 is 66.3 Å². The molecule has 0 bridgehead atoms. The lowest BCUT2D eigenvalue weighted by Gasteiger charge is -2.19. The Labute approximate surface area is 223 Å². The summed E-state index contributed by atoms with van der Waals surface area (Å²) in [6.07, 6.45) is -5.73. The van der Waals surface area contributed by atoms with Crippen LogP contribution in [0.4, 0.5) is 11.5 Å². The van der Waals surface area contributed by atoms with Crippen LogP contribution < -0.4 is 11.0 Å². The summed E-state index contributed by atoms with van der Waals surface area (Å²) in [5.41, 5.74) is -0.839. The number of anilines is 1. The second-order valence-electron chi connectivity index (χ2n) is 8.12. The summed E-state index contributed by atoms with van der Waals surface area (Å²) in [6, 6.07) is 6.53. The number of hydrogen-bond acceptors (Lipinski definition) is 14. The van der Waals surface area contributed by atoms with Gasteiger partial charge in [0.2, 0.25) is 0 Å². The van der Waals surface area contributed by atoms with Crippen LogP contribution >= 0.6 is 23.5 Å². The zero-order valence-electron chi connectivity index (χ0n) is 20.0. The Balaban J connectivity index is 1.68. The van der Waals surface area contributed by atoms with Crippen LogP contribution in [0.1, 0.15) is 24.8 Å². The van der Waals surface area contributed by atoms with Crippen molar-refractivity contribution in [2.45, 2.75) is 37.5 Å². The van der Waals surface area contributed by atoms with Gasteiger partial charge in [-0.25, -0.2) is 18.5 Å². The van der Waals surface area contributed by atoms with Gasteiger partial charge in [0.1, 0.15) is 24.1 Å². The van der Waals surface area contributed by atoms with Crippen LogP contribution in [-0.2, 0) is 31.6 Å². The maximum atomic E-state index is 12.6. The largest absolute Gasteiger partial charge is 0.490 e. The van der Waals surface area contributed by atoms with Crippen molar-refractivity contribution in [1.29, 1.82) is 0 Å². The monoisotopic (exact) mass is 632 g/mol. The predicted octanol–water partition coefficient (Wildman–Crippen LogP) is 0.287. The van der Waals surface area contributed by atoms with Gasteiger partial charge in [-0.2, -0.15) is 13.6 Å². The minimum atomic E-state index is -5.78. The van der Waals surface area contributed by atoms with Crippen molar-refractivity contribution in [1.82, 2.24) is 9.55 Å². The summed E-state index contributed by atoms with van der Waals surface area (Å²) < 4.78 is 51.6. The number of nitrogens with zero attached hydrogens (tertiary/aromatic N) is 3. The van der Waals surface area contributed by atoms with E-state index < -0.39 is 71.3 Å². The number of nitro groups is 1. The fourth-order valence-corrected chi connectivity index (χ4v) is 6.60. The molecule has 1 fully saturated rings. The van der Waals surface area contributed by atoms with E-state index in [1.807, 2.05) is 0 Å². The van der Waals surface area contributed by atoms with Crippen LogP contribution in [0, 0.1) is 10.1 Å². The van der Waals surface area contributed by atoms with Gasteiger partial charge >= 0.3 is 29.2 Å². The number of rotatable bonds is 12. The van der Waals surface area contributed by atoms with Gasteiger partial charge in [-0.15, -0.1) is 0 Å². The minimum absolute atomic E-state index is 0.00384. The molecule has 2 aromatic rings. The summed E-state index contributed by atoms with van der Waals surface area (Å²) >= 11 is 0. The molecule has 1 aromatic heterocycles. The number of aliphatic hydroxyl groups is 2. The maximum Gasteiger partial charge on any atom is 0.490 e. The fraction of sp³-hybridized carbons (Fsp3) is 0.412. The lowest BCUT2D eigenvalue weighted by Crippen LogP contribution is -2.36. The smallest absolute Gasteiger partial charge is 0.387 e. The zero-order valence-corrected chi connectivity index (χ0v) is 22.7. The van der Waals surface area contributed by atoms with E-state index in [-0.39, 0.29) is 11.5 Å². The van der Waals surface area contributed by atoms with Crippen molar-refractivity contribution in [3.05, 3.63) is 62.7 Å². The van der Waals surface area contributed by atoms with Crippen LogP contribution in [0.2, 0.25) is 0 Å². The molecule has 0 amide bonds. The molecule has 1 aliphatic heterocycles. The molecule has 1 aromatic carbocycles. The molecule has 0 saturated carbocycles. The Morgan fingerprint density at radius 1 is 1.10 bits per heavy atom. The van der Waals surface area contributed by atoms with Crippen LogP contribution in [-0.4, -0.2) is 69.2 Å². The predicted molar refractivity (Wildman–Crippen MR) is 129 cm³/mol. The lowest BCUT2D eigenvalue weighted by molar-refractivity contribution is -0.385. The number of aliphatic hydroxyl groups excluding tert-OH is 2. The lowest BCUT2D eigenvalue weighted by atomic mass is 10.1. The van der Waals surface area contributed by atoms with Crippen molar-refractivity contribution in [3.63, 3.8) is 0 Å². The first-order valence-electron chi connectivity index (χ1n) is 10.8. The molecular formula is C17H23N4O16P3. The number of phosphoric acid groups is 3. The van der Waals surface area contributed by atoms with Gasteiger partial charge in [0, 0.05) is 12.3 Å². The average Bonchev–Trinajstić information content (AvgIpc) is 3.09. The van der Waals surface area contributed by atoms with E-state index in [2.05, 4.69) is 23.4 Å². The first-order chi connectivity index (χ1) is 18.4. The van der Waals surface area contributed by atoms with E-state index in [0.717, 1.165) is 10.8 Å². The highest BCUT2D eigenvalue weighted by Crippen LogP contribution is 2.66. The molecule has 222 valence electrons. The molecule has 23 heteroatoms. The topological polar surface area (TPSA) is 300 Å². The van der Waals surface area contributed by atoms with Crippen molar-refractivity contribution in [2.75, 3.05) is 11.9 Å². The molecular weight excluding hydrogens is 609 g/mol. The van der Waals surface area contributed by atoms with Crippen LogP contribution in [0.3, 0.4) is 0 Å². The maximum absolute atomic E-state index is 12.6. The number of nitrogens with one attached hydrogen (secondary N) is 1. The van der Waals surface area contributed by atoms with Gasteiger partial charge in [0.15, 0.2) is 6.23 Å². The number of ether oxygens (including phenoxy) is 1. The minimum Gasteiger partial charge on any atom is -0.387 e. The normalized spacial score (nSPS) is 25.1. The van der Waals surface area contributed by atoms with Gasteiger partial charge in [0.25, 0.3) is 5.69 Å².